The van der Waals surface area contributed by atoms with Gasteiger partial charge in [0.05, 0.1) is 0 Å². The maximum atomic E-state index is 13.5. The number of halogens is 1. The summed E-state index contributed by atoms with van der Waals surface area (Å²) in [5, 5.41) is 0. The highest BCUT2D eigenvalue weighted by atomic mass is 19.1. The van der Waals surface area contributed by atoms with Gasteiger partial charge in [0.2, 0.25) is 0 Å². The molecule has 0 spiro atoms. The van der Waals surface area contributed by atoms with Gasteiger partial charge in [0.1, 0.15) is 5.82 Å². The highest BCUT2D eigenvalue weighted by molar-refractivity contribution is 5.21. The number of nitrogens with zero attached hydrogens (tertiary/aromatic N) is 2. The lowest BCUT2D eigenvalue weighted by Crippen LogP contribution is -2.39. The van der Waals surface area contributed by atoms with Crippen molar-refractivity contribution in [3.05, 3.63) is 35.6 Å². The predicted octanol–water partition coefficient (Wildman–Crippen LogP) is 2.49. The van der Waals surface area contributed by atoms with Gasteiger partial charge in [0.25, 0.3) is 0 Å². The van der Waals surface area contributed by atoms with Gasteiger partial charge in [-0.2, -0.15) is 0 Å². The molecule has 4 heteroatoms. The first-order valence-corrected chi connectivity index (χ1v) is 7.31. The first kappa shape index (κ1) is 17.1. The van der Waals surface area contributed by atoms with Gasteiger partial charge >= 0.3 is 0 Å². The molecule has 0 amide bonds. The highest BCUT2D eigenvalue weighted by Crippen LogP contribution is 2.24. The predicted molar refractivity (Wildman–Crippen MR) is 83.2 cm³/mol. The zero-order chi connectivity index (χ0) is 15.1. The Bertz CT molecular complexity index is 395. The smallest absolute Gasteiger partial charge is 0.123 e. The van der Waals surface area contributed by atoms with Crippen molar-refractivity contribution >= 4 is 0 Å². The molecule has 0 saturated carbocycles. The van der Waals surface area contributed by atoms with E-state index >= 15 is 0 Å². The zero-order valence-corrected chi connectivity index (χ0v) is 13.1. The van der Waals surface area contributed by atoms with Gasteiger partial charge in [-0.1, -0.05) is 19.1 Å². The third-order valence-electron chi connectivity index (χ3n) is 3.66. The van der Waals surface area contributed by atoms with Crippen LogP contribution in [0.25, 0.3) is 0 Å². The first-order chi connectivity index (χ1) is 9.45. The van der Waals surface area contributed by atoms with Crippen molar-refractivity contribution < 1.29 is 4.39 Å². The topological polar surface area (TPSA) is 32.5 Å². The van der Waals surface area contributed by atoms with E-state index in [4.69, 9.17) is 5.73 Å². The van der Waals surface area contributed by atoms with Crippen LogP contribution in [0.15, 0.2) is 24.3 Å². The molecule has 0 fully saturated rings. The minimum atomic E-state index is -0.197. The Kier molecular flexibility index (Phi) is 7.13. The quantitative estimate of drug-likeness (QED) is 0.794. The summed E-state index contributed by atoms with van der Waals surface area (Å²) < 4.78 is 13.5. The van der Waals surface area contributed by atoms with Crippen LogP contribution in [0.2, 0.25) is 0 Å². The lowest BCUT2D eigenvalue weighted by Gasteiger charge is -2.33. The molecule has 1 rings (SSSR count). The van der Waals surface area contributed by atoms with Crippen LogP contribution in [0.1, 0.15) is 31.4 Å². The number of likely N-dealkylation sites (N-methyl/N-ethyl adjacent to an activating group) is 1. The maximum Gasteiger partial charge on any atom is 0.123 e. The molecular weight excluding hydrogens is 253 g/mol. The molecule has 2 unspecified atom stereocenters. The van der Waals surface area contributed by atoms with Crippen molar-refractivity contribution in [1.29, 1.82) is 0 Å². The van der Waals surface area contributed by atoms with Crippen molar-refractivity contribution in [3.8, 4) is 0 Å². The zero-order valence-electron chi connectivity index (χ0n) is 13.1. The number of hydrogen-bond acceptors (Lipinski definition) is 3. The summed E-state index contributed by atoms with van der Waals surface area (Å²) in [7, 11) is 6.21. The largest absolute Gasteiger partial charge is 0.326 e. The van der Waals surface area contributed by atoms with Gasteiger partial charge in [0.15, 0.2) is 0 Å². The number of benzene rings is 1. The monoisotopic (exact) mass is 281 g/mol. The Morgan fingerprint density at radius 3 is 2.45 bits per heavy atom. The molecular formula is C16H28FN3. The molecule has 0 bridgehead atoms. The molecule has 0 saturated heterocycles. The van der Waals surface area contributed by atoms with Gasteiger partial charge in [-0.15, -0.1) is 0 Å². The van der Waals surface area contributed by atoms with E-state index in [1.54, 1.807) is 12.1 Å². The van der Waals surface area contributed by atoms with Gasteiger partial charge in [0, 0.05) is 12.1 Å². The molecule has 20 heavy (non-hydrogen) atoms. The molecule has 0 aliphatic carbocycles. The molecule has 0 aromatic heterocycles. The standard InChI is InChI=1S/C16H28FN3/c1-5-15(18)16(13-8-6-9-14(17)12-13)20(4)11-7-10-19(2)3/h6,8-9,12,15-16H,5,7,10-11,18H2,1-4H3. The molecule has 1 aromatic carbocycles. The summed E-state index contributed by atoms with van der Waals surface area (Å²) in [6.07, 6.45) is 1.95. The fraction of sp³-hybridized carbons (Fsp3) is 0.625. The van der Waals surface area contributed by atoms with Crippen LogP contribution < -0.4 is 5.73 Å². The molecule has 0 heterocycles. The molecule has 0 aliphatic heterocycles. The molecule has 1 aromatic rings. The van der Waals surface area contributed by atoms with Crippen molar-refractivity contribution in [2.24, 2.45) is 5.73 Å². The number of rotatable bonds is 8. The summed E-state index contributed by atoms with van der Waals surface area (Å²) in [6, 6.07) is 6.88. The fourth-order valence-corrected chi connectivity index (χ4v) is 2.52. The summed E-state index contributed by atoms with van der Waals surface area (Å²) >= 11 is 0. The normalized spacial score (nSPS) is 14.8. The third-order valence-corrected chi connectivity index (χ3v) is 3.66. The third kappa shape index (κ3) is 5.19. The van der Waals surface area contributed by atoms with E-state index in [0.717, 1.165) is 31.5 Å². The second kappa shape index (κ2) is 8.35. The number of nitrogens with two attached hydrogens (primary N) is 1. The van der Waals surface area contributed by atoms with Crippen molar-refractivity contribution in [2.45, 2.75) is 31.8 Å². The second-order valence-electron chi connectivity index (χ2n) is 5.71. The first-order valence-electron chi connectivity index (χ1n) is 7.31. The van der Waals surface area contributed by atoms with E-state index in [1.807, 2.05) is 6.07 Å². The molecule has 2 N–H and O–H groups in total. The van der Waals surface area contributed by atoms with Gasteiger partial charge < -0.3 is 10.6 Å². The van der Waals surface area contributed by atoms with E-state index in [2.05, 4.69) is 37.9 Å². The van der Waals surface area contributed by atoms with Crippen LogP contribution in [0.4, 0.5) is 4.39 Å². The average Bonchev–Trinajstić information content (AvgIpc) is 2.38. The van der Waals surface area contributed by atoms with Crippen molar-refractivity contribution in [3.63, 3.8) is 0 Å². The van der Waals surface area contributed by atoms with E-state index in [1.165, 1.54) is 6.07 Å². The molecule has 114 valence electrons. The van der Waals surface area contributed by atoms with Crippen LogP contribution in [0.3, 0.4) is 0 Å². The Balaban J connectivity index is 2.78. The summed E-state index contributed by atoms with van der Waals surface area (Å²) in [5.41, 5.74) is 7.22. The average molecular weight is 281 g/mol. The fourth-order valence-electron chi connectivity index (χ4n) is 2.52. The Labute approximate surface area is 122 Å². The minimum Gasteiger partial charge on any atom is -0.326 e. The van der Waals surface area contributed by atoms with Crippen molar-refractivity contribution in [2.75, 3.05) is 34.2 Å². The number of hydrogen-bond donors (Lipinski definition) is 1. The molecule has 2 atom stereocenters. The van der Waals surface area contributed by atoms with Gasteiger partial charge in [-0.25, -0.2) is 4.39 Å². The highest BCUT2D eigenvalue weighted by Gasteiger charge is 2.23. The maximum absolute atomic E-state index is 13.5. The second-order valence-corrected chi connectivity index (χ2v) is 5.71. The van der Waals surface area contributed by atoms with E-state index in [0.29, 0.717) is 0 Å². The minimum absolute atomic E-state index is 0.0150. The van der Waals surface area contributed by atoms with Gasteiger partial charge in [-0.05, 0) is 64.8 Å². The van der Waals surface area contributed by atoms with Crippen LogP contribution in [0, 0.1) is 5.82 Å². The lowest BCUT2D eigenvalue weighted by molar-refractivity contribution is 0.199. The van der Waals surface area contributed by atoms with E-state index in [9.17, 15) is 4.39 Å². The lowest BCUT2D eigenvalue weighted by atomic mass is 9.96. The summed E-state index contributed by atoms with van der Waals surface area (Å²) in [6.45, 7) is 4.07. The Morgan fingerprint density at radius 2 is 1.90 bits per heavy atom. The SMILES string of the molecule is CCC(N)C(c1cccc(F)c1)N(C)CCCN(C)C. The Hall–Kier alpha value is -0.970. The van der Waals surface area contributed by atoms with Gasteiger partial charge in [-0.3, -0.25) is 4.90 Å². The molecule has 3 nitrogen and oxygen atoms in total. The van der Waals surface area contributed by atoms with Crippen molar-refractivity contribution in [1.82, 2.24) is 9.80 Å². The molecule has 0 radical (unpaired) electrons. The summed E-state index contributed by atoms with van der Waals surface area (Å²) in [5.74, 6) is -0.197. The van der Waals surface area contributed by atoms with Crippen LogP contribution >= 0.6 is 0 Å². The van der Waals surface area contributed by atoms with E-state index in [-0.39, 0.29) is 17.9 Å². The van der Waals surface area contributed by atoms with Crippen LogP contribution in [-0.4, -0.2) is 50.1 Å². The van der Waals surface area contributed by atoms with Crippen LogP contribution in [-0.2, 0) is 0 Å². The van der Waals surface area contributed by atoms with Crippen LogP contribution in [0.5, 0.6) is 0 Å². The Morgan fingerprint density at radius 1 is 1.20 bits per heavy atom. The summed E-state index contributed by atoms with van der Waals surface area (Å²) in [4.78, 5) is 4.41. The molecule has 0 aliphatic rings. The van der Waals surface area contributed by atoms with E-state index < -0.39 is 0 Å².